The molecule has 0 N–H and O–H groups in total. The minimum absolute atomic E-state index is 0.851. The Morgan fingerprint density at radius 2 is 0.976 bits per heavy atom. The van der Waals surface area contributed by atoms with Crippen molar-refractivity contribution in [3.63, 3.8) is 0 Å². The number of hydrogen-bond donors (Lipinski definition) is 0. The molecule has 1 aliphatic rings. The largest absolute Gasteiger partial charge is 0.463 e. The van der Waals surface area contributed by atoms with Crippen molar-refractivity contribution >= 4 is 22.8 Å². The lowest BCUT2D eigenvalue weighted by molar-refractivity contribution is 0.582. The first kappa shape index (κ1) is 26.7. The molecule has 1 aliphatic carbocycles. The smallest absolute Gasteiger partial charge is 0.144 e. The molecular weight excluding hydrogens is 500 g/mol. The van der Waals surface area contributed by atoms with Gasteiger partial charge < -0.3 is 4.42 Å². The average molecular weight is 537 g/mol. The van der Waals surface area contributed by atoms with E-state index in [0.29, 0.717) is 0 Å². The predicted octanol–water partition coefficient (Wildman–Crippen LogP) is 10.1. The van der Waals surface area contributed by atoms with Crippen molar-refractivity contribution in [2.24, 2.45) is 9.98 Å². The number of benzene rings is 4. The SMILES string of the molecule is CCc1cccc(CC)c1N=C1C(=Nc2c(CC)cccc2CC)c2c(-c3ccccc3)coc2-c2ccccc21. The zero-order valence-corrected chi connectivity index (χ0v) is 24.4. The van der Waals surface area contributed by atoms with Crippen molar-refractivity contribution in [3.05, 3.63) is 131 Å². The summed E-state index contributed by atoms with van der Waals surface area (Å²) in [7, 11) is 0. The van der Waals surface area contributed by atoms with Crippen LogP contribution in [0.3, 0.4) is 0 Å². The van der Waals surface area contributed by atoms with E-state index < -0.39 is 0 Å². The zero-order valence-electron chi connectivity index (χ0n) is 24.4. The van der Waals surface area contributed by atoms with Crippen molar-refractivity contribution < 1.29 is 4.42 Å². The summed E-state index contributed by atoms with van der Waals surface area (Å²) in [5.74, 6) is 0.851. The molecule has 0 fully saturated rings. The molecule has 6 rings (SSSR count). The summed E-state index contributed by atoms with van der Waals surface area (Å²) >= 11 is 0. The summed E-state index contributed by atoms with van der Waals surface area (Å²) in [6, 6.07) is 32.0. The van der Waals surface area contributed by atoms with Crippen molar-refractivity contribution in [1.82, 2.24) is 0 Å². The quantitative estimate of drug-likeness (QED) is 0.204. The molecule has 0 aliphatic heterocycles. The van der Waals surface area contributed by atoms with Gasteiger partial charge in [-0.25, -0.2) is 9.98 Å². The summed E-state index contributed by atoms with van der Waals surface area (Å²) in [6.07, 6.45) is 5.54. The molecule has 0 unspecified atom stereocenters. The molecule has 4 aromatic carbocycles. The van der Waals surface area contributed by atoms with Gasteiger partial charge in [0.1, 0.15) is 11.5 Å². The molecule has 0 bridgehead atoms. The number of furan rings is 1. The van der Waals surface area contributed by atoms with E-state index in [1.54, 1.807) is 0 Å². The first-order chi connectivity index (χ1) is 20.2. The van der Waals surface area contributed by atoms with E-state index in [9.17, 15) is 0 Å². The third-order valence-corrected chi connectivity index (χ3v) is 8.14. The zero-order chi connectivity index (χ0) is 28.3. The second-order valence-corrected chi connectivity index (χ2v) is 10.4. The Morgan fingerprint density at radius 3 is 1.51 bits per heavy atom. The van der Waals surface area contributed by atoms with Crippen LogP contribution in [0.25, 0.3) is 22.5 Å². The van der Waals surface area contributed by atoms with Gasteiger partial charge in [-0.05, 0) is 53.5 Å². The van der Waals surface area contributed by atoms with Crippen LogP contribution in [-0.2, 0) is 25.7 Å². The van der Waals surface area contributed by atoms with Crippen LogP contribution in [0.4, 0.5) is 11.4 Å². The monoisotopic (exact) mass is 536 g/mol. The maximum absolute atomic E-state index is 6.40. The summed E-state index contributed by atoms with van der Waals surface area (Å²) in [6.45, 7) is 8.81. The molecule has 0 radical (unpaired) electrons. The van der Waals surface area contributed by atoms with Crippen molar-refractivity contribution in [1.29, 1.82) is 0 Å². The molecule has 41 heavy (non-hydrogen) atoms. The van der Waals surface area contributed by atoms with Crippen LogP contribution in [0.1, 0.15) is 61.1 Å². The maximum Gasteiger partial charge on any atom is 0.144 e. The molecule has 5 aromatic rings. The Morgan fingerprint density at radius 1 is 0.488 bits per heavy atom. The normalized spacial score (nSPS) is 14.3. The van der Waals surface area contributed by atoms with Crippen LogP contribution in [0.15, 0.2) is 112 Å². The third kappa shape index (κ3) is 4.76. The third-order valence-electron chi connectivity index (χ3n) is 8.14. The fraction of sp³-hybridized carbons (Fsp3) is 0.211. The molecule has 1 aromatic heterocycles. The number of para-hydroxylation sites is 2. The predicted molar refractivity (Wildman–Crippen MR) is 172 cm³/mol. The van der Waals surface area contributed by atoms with E-state index in [0.717, 1.165) is 82.1 Å². The standard InChI is InChI=1S/C38H36N2O/c1-5-25-18-14-19-26(6-2)34(25)39-36-30-22-12-13-23-31(30)38-33(32(24-41-38)29-16-10-9-11-17-29)37(36)40-35-27(7-3)20-15-21-28(35)8-4/h9-24H,5-8H2,1-4H3. The van der Waals surface area contributed by atoms with E-state index in [2.05, 4.69) is 113 Å². The van der Waals surface area contributed by atoms with Gasteiger partial charge in [-0.2, -0.15) is 0 Å². The minimum Gasteiger partial charge on any atom is -0.463 e. The topological polar surface area (TPSA) is 37.9 Å². The van der Waals surface area contributed by atoms with E-state index in [1.807, 2.05) is 12.3 Å². The molecule has 3 heteroatoms. The lowest BCUT2D eigenvalue weighted by atomic mass is 9.84. The van der Waals surface area contributed by atoms with E-state index >= 15 is 0 Å². The van der Waals surface area contributed by atoms with Gasteiger partial charge in [0.15, 0.2) is 0 Å². The van der Waals surface area contributed by atoms with Gasteiger partial charge in [0, 0.05) is 16.7 Å². The van der Waals surface area contributed by atoms with Crippen LogP contribution in [0, 0.1) is 0 Å². The molecule has 0 saturated heterocycles. The molecule has 0 atom stereocenters. The van der Waals surface area contributed by atoms with Gasteiger partial charge in [0.2, 0.25) is 0 Å². The first-order valence-corrected chi connectivity index (χ1v) is 14.8. The number of rotatable bonds is 7. The fourth-order valence-electron chi connectivity index (χ4n) is 5.92. The lowest BCUT2D eigenvalue weighted by Gasteiger charge is -2.23. The number of nitrogens with zero attached hydrogens (tertiary/aromatic N) is 2. The summed E-state index contributed by atoms with van der Waals surface area (Å²) in [5, 5.41) is 0. The van der Waals surface area contributed by atoms with Crippen LogP contribution in [-0.4, -0.2) is 11.4 Å². The lowest BCUT2D eigenvalue weighted by Crippen LogP contribution is -2.23. The maximum atomic E-state index is 6.40. The number of hydrogen-bond acceptors (Lipinski definition) is 3. The second kappa shape index (κ2) is 11.5. The fourth-order valence-corrected chi connectivity index (χ4v) is 5.92. The van der Waals surface area contributed by atoms with Crippen molar-refractivity contribution in [3.8, 4) is 22.5 Å². The van der Waals surface area contributed by atoms with Gasteiger partial charge in [0.25, 0.3) is 0 Å². The highest BCUT2D eigenvalue weighted by atomic mass is 16.3. The van der Waals surface area contributed by atoms with Gasteiger partial charge in [-0.3, -0.25) is 0 Å². The number of fused-ring (bicyclic) bond motifs is 3. The number of aliphatic imine (C=N–C) groups is 2. The first-order valence-electron chi connectivity index (χ1n) is 14.8. The summed E-state index contributed by atoms with van der Waals surface area (Å²) in [5.41, 5.74) is 14.1. The van der Waals surface area contributed by atoms with Gasteiger partial charge in [0.05, 0.1) is 28.9 Å². The molecule has 1 heterocycles. The number of aryl methyl sites for hydroxylation is 4. The van der Waals surface area contributed by atoms with Gasteiger partial charge >= 0.3 is 0 Å². The molecule has 3 nitrogen and oxygen atoms in total. The van der Waals surface area contributed by atoms with Crippen molar-refractivity contribution in [2.45, 2.75) is 53.4 Å². The summed E-state index contributed by atoms with van der Waals surface area (Å²) in [4.78, 5) is 11.1. The van der Waals surface area contributed by atoms with Gasteiger partial charge in [-0.1, -0.05) is 119 Å². The Balaban J connectivity index is 1.74. The Hall–Kier alpha value is -4.50. The molecule has 0 amide bonds. The Labute approximate surface area is 243 Å². The highest BCUT2D eigenvalue weighted by molar-refractivity contribution is 6.58. The minimum atomic E-state index is 0.851. The molecule has 204 valence electrons. The molecule has 0 spiro atoms. The average Bonchev–Trinajstić information content (AvgIpc) is 3.48. The van der Waals surface area contributed by atoms with Crippen LogP contribution >= 0.6 is 0 Å². The van der Waals surface area contributed by atoms with Gasteiger partial charge in [-0.15, -0.1) is 0 Å². The van der Waals surface area contributed by atoms with E-state index in [4.69, 9.17) is 14.4 Å². The highest BCUT2D eigenvalue weighted by Gasteiger charge is 2.33. The van der Waals surface area contributed by atoms with Crippen molar-refractivity contribution in [2.75, 3.05) is 0 Å². The van der Waals surface area contributed by atoms with E-state index in [-0.39, 0.29) is 0 Å². The van der Waals surface area contributed by atoms with Crippen LogP contribution in [0.5, 0.6) is 0 Å². The Kier molecular flexibility index (Phi) is 7.52. The van der Waals surface area contributed by atoms with Crippen LogP contribution < -0.4 is 0 Å². The van der Waals surface area contributed by atoms with E-state index in [1.165, 1.54) is 22.3 Å². The molecule has 0 saturated carbocycles. The molecular formula is C38H36N2O. The second-order valence-electron chi connectivity index (χ2n) is 10.4. The highest BCUT2D eigenvalue weighted by Crippen LogP contribution is 2.43. The Bertz CT molecular complexity index is 1710. The summed E-state index contributed by atoms with van der Waals surface area (Å²) < 4.78 is 6.40. The van der Waals surface area contributed by atoms with Crippen LogP contribution in [0.2, 0.25) is 0 Å².